The number of fused-ring (bicyclic) bond motifs is 1. The second-order valence-corrected chi connectivity index (χ2v) is 4.00. The molecule has 0 N–H and O–H groups in total. The summed E-state index contributed by atoms with van der Waals surface area (Å²) in [6.07, 6.45) is 3.95. The first-order valence-corrected chi connectivity index (χ1v) is 4.87. The molecular formula is C9H9IN2. The summed E-state index contributed by atoms with van der Waals surface area (Å²) >= 11 is 2.28. The fourth-order valence-corrected chi connectivity index (χ4v) is 1.78. The third-order valence-electron chi connectivity index (χ3n) is 2.15. The molecule has 12 heavy (non-hydrogen) atoms. The predicted octanol–water partition coefficient (Wildman–Crippen LogP) is 2.56. The molecule has 0 spiro atoms. The number of aromatic nitrogens is 2. The molecule has 2 nitrogen and oxygen atoms in total. The second kappa shape index (κ2) is 2.73. The maximum atomic E-state index is 4.33. The van der Waals surface area contributed by atoms with E-state index in [4.69, 9.17) is 0 Å². The van der Waals surface area contributed by atoms with E-state index in [1.807, 2.05) is 6.20 Å². The first-order valence-electron chi connectivity index (χ1n) is 3.79. The monoisotopic (exact) mass is 272 g/mol. The average molecular weight is 272 g/mol. The van der Waals surface area contributed by atoms with Crippen molar-refractivity contribution in [2.75, 3.05) is 0 Å². The van der Waals surface area contributed by atoms with E-state index < -0.39 is 0 Å². The number of hydrogen-bond donors (Lipinski definition) is 0. The number of imidazole rings is 1. The molecule has 0 amide bonds. The van der Waals surface area contributed by atoms with Gasteiger partial charge in [-0.1, -0.05) is 0 Å². The van der Waals surface area contributed by atoms with E-state index in [9.17, 15) is 0 Å². The van der Waals surface area contributed by atoms with Crippen LogP contribution in [0, 0.1) is 17.5 Å². The summed E-state index contributed by atoms with van der Waals surface area (Å²) in [7, 11) is 0. The van der Waals surface area contributed by atoms with Crippen LogP contribution in [0.4, 0.5) is 0 Å². The maximum Gasteiger partial charge on any atom is 0.140 e. The van der Waals surface area contributed by atoms with Gasteiger partial charge in [-0.05, 0) is 53.6 Å². The molecule has 0 fully saturated rings. The van der Waals surface area contributed by atoms with Crippen LogP contribution in [0.15, 0.2) is 18.5 Å². The highest BCUT2D eigenvalue weighted by Gasteiger charge is 2.03. The predicted molar refractivity (Wildman–Crippen MR) is 57.4 cm³/mol. The summed E-state index contributed by atoms with van der Waals surface area (Å²) in [5.41, 5.74) is 3.63. The summed E-state index contributed by atoms with van der Waals surface area (Å²) in [6.45, 7) is 4.21. The Morgan fingerprint density at radius 3 is 2.92 bits per heavy atom. The number of rotatable bonds is 0. The first kappa shape index (κ1) is 8.04. The van der Waals surface area contributed by atoms with Gasteiger partial charge in [0.05, 0.1) is 6.20 Å². The minimum atomic E-state index is 1.07. The van der Waals surface area contributed by atoms with Gasteiger partial charge in [0.15, 0.2) is 0 Å². The fraction of sp³-hybridized carbons (Fsp3) is 0.222. The largest absolute Gasteiger partial charge is 0.295 e. The van der Waals surface area contributed by atoms with Crippen molar-refractivity contribution in [1.29, 1.82) is 0 Å². The molecule has 0 atom stereocenters. The van der Waals surface area contributed by atoms with Gasteiger partial charge in [0.25, 0.3) is 0 Å². The Kier molecular flexibility index (Phi) is 1.83. The van der Waals surface area contributed by atoms with Gasteiger partial charge in [-0.2, -0.15) is 0 Å². The van der Waals surface area contributed by atoms with Crippen LogP contribution in [0.25, 0.3) is 5.65 Å². The summed E-state index contributed by atoms with van der Waals surface area (Å²) in [6, 6.07) is 2.12. The molecule has 0 unspecified atom stereocenters. The molecule has 2 aromatic heterocycles. The first-order chi connectivity index (χ1) is 5.70. The van der Waals surface area contributed by atoms with Crippen molar-refractivity contribution in [2.24, 2.45) is 0 Å². The SMILES string of the molecule is Cc1ccn2c(I)cnc2c1C. The van der Waals surface area contributed by atoms with E-state index in [0.717, 1.165) is 9.35 Å². The second-order valence-electron chi connectivity index (χ2n) is 2.90. The van der Waals surface area contributed by atoms with Gasteiger partial charge in [0, 0.05) is 6.20 Å². The highest BCUT2D eigenvalue weighted by molar-refractivity contribution is 14.1. The van der Waals surface area contributed by atoms with E-state index in [-0.39, 0.29) is 0 Å². The zero-order valence-electron chi connectivity index (χ0n) is 7.00. The molecular weight excluding hydrogens is 263 g/mol. The van der Waals surface area contributed by atoms with Crippen LogP contribution in [0.5, 0.6) is 0 Å². The van der Waals surface area contributed by atoms with Crippen LogP contribution in [-0.4, -0.2) is 9.38 Å². The van der Waals surface area contributed by atoms with Crippen LogP contribution >= 0.6 is 22.6 Å². The lowest BCUT2D eigenvalue weighted by atomic mass is 10.2. The minimum Gasteiger partial charge on any atom is -0.295 e. The number of pyridine rings is 1. The highest BCUT2D eigenvalue weighted by atomic mass is 127. The van der Waals surface area contributed by atoms with E-state index in [2.05, 4.69) is 58.1 Å². The van der Waals surface area contributed by atoms with Crippen LogP contribution in [0.2, 0.25) is 0 Å². The third kappa shape index (κ3) is 1.03. The Hall–Kier alpha value is -0.580. The molecule has 0 aromatic carbocycles. The highest BCUT2D eigenvalue weighted by Crippen LogP contribution is 2.15. The molecule has 2 rings (SSSR count). The average Bonchev–Trinajstić information content (AvgIpc) is 2.41. The quantitative estimate of drug-likeness (QED) is 0.674. The zero-order chi connectivity index (χ0) is 8.72. The van der Waals surface area contributed by atoms with E-state index in [1.165, 1.54) is 11.1 Å². The molecule has 0 saturated carbocycles. The smallest absolute Gasteiger partial charge is 0.140 e. The van der Waals surface area contributed by atoms with Crippen molar-refractivity contribution >= 4 is 28.2 Å². The number of hydrogen-bond acceptors (Lipinski definition) is 1. The third-order valence-corrected chi connectivity index (χ3v) is 2.95. The Labute approximate surface area is 84.8 Å². The summed E-state index contributed by atoms with van der Waals surface area (Å²) in [4.78, 5) is 4.33. The van der Waals surface area contributed by atoms with Crippen LogP contribution < -0.4 is 0 Å². The zero-order valence-corrected chi connectivity index (χ0v) is 9.16. The van der Waals surface area contributed by atoms with Crippen molar-refractivity contribution < 1.29 is 0 Å². The van der Waals surface area contributed by atoms with Crippen LogP contribution in [0.3, 0.4) is 0 Å². The van der Waals surface area contributed by atoms with E-state index in [1.54, 1.807) is 0 Å². The van der Waals surface area contributed by atoms with Crippen LogP contribution in [-0.2, 0) is 0 Å². The maximum absolute atomic E-state index is 4.33. The topological polar surface area (TPSA) is 17.3 Å². The molecule has 2 heterocycles. The lowest BCUT2D eigenvalue weighted by Gasteiger charge is -2.01. The van der Waals surface area contributed by atoms with E-state index in [0.29, 0.717) is 0 Å². The summed E-state index contributed by atoms with van der Waals surface area (Å²) in [5, 5.41) is 0. The molecule has 0 aliphatic carbocycles. The van der Waals surface area contributed by atoms with Gasteiger partial charge in [-0.3, -0.25) is 4.40 Å². The summed E-state index contributed by atoms with van der Waals surface area (Å²) in [5.74, 6) is 0. The molecule has 0 aliphatic heterocycles. The van der Waals surface area contributed by atoms with Crippen molar-refractivity contribution in [1.82, 2.24) is 9.38 Å². The molecule has 3 heteroatoms. The van der Waals surface area contributed by atoms with Crippen molar-refractivity contribution in [2.45, 2.75) is 13.8 Å². The van der Waals surface area contributed by atoms with Crippen molar-refractivity contribution in [3.8, 4) is 0 Å². The standard InChI is InChI=1S/C9H9IN2/c1-6-3-4-12-8(10)5-11-9(12)7(6)2/h3-5H,1-2H3. The Balaban J connectivity index is 2.93. The van der Waals surface area contributed by atoms with Gasteiger partial charge in [0.2, 0.25) is 0 Å². The number of halogens is 1. The molecule has 2 aromatic rings. The van der Waals surface area contributed by atoms with Crippen molar-refractivity contribution in [3.05, 3.63) is 33.3 Å². The summed E-state index contributed by atoms with van der Waals surface area (Å²) < 4.78 is 3.26. The van der Waals surface area contributed by atoms with Gasteiger partial charge in [-0.25, -0.2) is 4.98 Å². The molecule has 0 bridgehead atoms. The number of aryl methyl sites for hydroxylation is 2. The molecule has 0 radical (unpaired) electrons. The Bertz CT molecular complexity index is 431. The van der Waals surface area contributed by atoms with Crippen molar-refractivity contribution in [3.63, 3.8) is 0 Å². The number of nitrogens with zero attached hydrogens (tertiary/aromatic N) is 2. The Morgan fingerprint density at radius 2 is 2.17 bits per heavy atom. The van der Waals surface area contributed by atoms with E-state index >= 15 is 0 Å². The van der Waals surface area contributed by atoms with Gasteiger partial charge in [-0.15, -0.1) is 0 Å². The van der Waals surface area contributed by atoms with Gasteiger partial charge in [0.1, 0.15) is 9.35 Å². The lowest BCUT2D eigenvalue weighted by Crippen LogP contribution is -1.91. The molecule has 0 aliphatic rings. The minimum absolute atomic E-state index is 1.07. The Morgan fingerprint density at radius 1 is 1.42 bits per heavy atom. The molecule has 62 valence electrons. The van der Waals surface area contributed by atoms with Crippen LogP contribution in [0.1, 0.15) is 11.1 Å². The normalized spacial score (nSPS) is 10.9. The fourth-order valence-electron chi connectivity index (χ4n) is 1.25. The van der Waals surface area contributed by atoms with Gasteiger partial charge < -0.3 is 0 Å². The van der Waals surface area contributed by atoms with Gasteiger partial charge >= 0.3 is 0 Å². The lowest BCUT2D eigenvalue weighted by molar-refractivity contribution is 1.11. The molecule has 0 saturated heterocycles.